The summed E-state index contributed by atoms with van der Waals surface area (Å²) in [6.45, 7) is 8.51. The Balaban J connectivity index is 1.94. The van der Waals surface area contributed by atoms with Gasteiger partial charge in [0.25, 0.3) is 0 Å². The smallest absolute Gasteiger partial charge is 0.0654 e. The Kier molecular flexibility index (Phi) is 4.11. The van der Waals surface area contributed by atoms with Gasteiger partial charge in [-0.2, -0.15) is 5.10 Å². The van der Waals surface area contributed by atoms with Gasteiger partial charge in [-0.15, -0.1) is 0 Å². The number of rotatable bonds is 6. The van der Waals surface area contributed by atoms with E-state index in [1.54, 1.807) is 0 Å². The minimum atomic E-state index is 0.701. The highest BCUT2D eigenvalue weighted by molar-refractivity contribution is 5.42. The van der Waals surface area contributed by atoms with E-state index in [0.29, 0.717) is 5.92 Å². The number of aryl methyl sites for hydroxylation is 2. The lowest BCUT2D eigenvalue weighted by molar-refractivity contribution is 0.669. The topological polar surface area (TPSA) is 29.9 Å². The monoisotopic (exact) mass is 283 g/mol. The van der Waals surface area contributed by atoms with Gasteiger partial charge in [0.15, 0.2) is 0 Å². The SMILES string of the molecule is CCCNCc1cnn(-c2cc(C)cc(C)c2)c1C1CC1. The number of nitrogens with zero attached hydrogens (tertiary/aromatic N) is 2. The molecule has 1 aromatic heterocycles. The van der Waals surface area contributed by atoms with Crippen LogP contribution in [0.15, 0.2) is 24.4 Å². The molecule has 1 aliphatic rings. The van der Waals surface area contributed by atoms with Gasteiger partial charge in [0, 0.05) is 18.0 Å². The van der Waals surface area contributed by atoms with Gasteiger partial charge in [-0.25, -0.2) is 4.68 Å². The second-order valence-electron chi connectivity index (χ2n) is 6.26. The first-order valence-electron chi connectivity index (χ1n) is 8.05. The van der Waals surface area contributed by atoms with Crippen molar-refractivity contribution in [2.24, 2.45) is 0 Å². The Morgan fingerprint density at radius 2 is 1.90 bits per heavy atom. The van der Waals surface area contributed by atoms with Gasteiger partial charge in [0.1, 0.15) is 0 Å². The Hall–Kier alpha value is -1.61. The van der Waals surface area contributed by atoms with Gasteiger partial charge < -0.3 is 5.32 Å². The van der Waals surface area contributed by atoms with E-state index in [1.165, 1.54) is 47.3 Å². The number of aromatic nitrogens is 2. The molecule has 2 aromatic rings. The fraction of sp³-hybridized carbons (Fsp3) is 0.500. The maximum atomic E-state index is 4.69. The van der Waals surface area contributed by atoms with Crippen LogP contribution in [-0.4, -0.2) is 16.3 Å². The Morgan fingerprint density at radius 1 is 1.19 bits per heavy atom. The summed E-state index contributed by atoms with van der Waals surface area (Å²) >= 11 is 0. The second kappa shape index (κ2) is 6.02. The first kappa shape index (κ1) is 14.3. The molecule has 0 spiro atoms. The third-order valence-electron chi connectivity index (χ3n) is 4.04. The highest BCUT2D eigenvalue weighted by Crippen LogP contribution is 2.42. The van der Waals surface area contributed by atoms with Gasteiger partial charge in [0.2, 0.25) is 0 Å². The summed E-state index contributed by atoms with van der Waals surface area (Å²) in [6.07, 6.45) is 5.83. The maximum Gasteiger partial charge on any atom is 0.0654 e. The van der Waals surface area contributed by atoms with E-state index >= 15 is 0 Å². The van der Waals surface area contributed by atoms with Crippen LogP contribution >= 0.6 is 0 Å². The molecule has 1 fully saturated rings. The fourth-order valence-corrected chi connectivity index (χ4v) is 3.00. The lowest BCUT2D eigenvalue weighted by Gasteiger charge is -2.11. The van der Waals surface area contributed by atoms with E-state index in [9.17, 15) is 0 Å². The van der Waals surface area contributed by atoms with Gasteiger partial charge in [-0.1, -0.05) is 13.0 Å². The Morgan fingerprint density at radius 3 is 2.52 bits per heavy atom. The highest BCUT2D eigenvalue weighted by atomic mass is 15.3. The molecule has 1 saturated carbocycles. The van der Waals surface area contributed by atoms with E-state index < -0.39 is 0 Å². The van der Waals surface area contributed by atoms with E-state index in [-0.39, 0.29) is 0 Å². The van der Waals surface area contributed by atoms with Crippen LogP contribution in [0, 0.1) is 13.8 Å². The van der Waals surface area contributed by atoms with Crippen molar-refractivity contribution in [3.8, 4) is 5.69 Å². The molecule has 112 valence electrons. The van der Waals surface area contributed by atoms with Crippen LogP contribution in [0.2, 0.25) is 0 Å². The average Bonchev–Trinajstić information content (AvgIpc) is 3.18. The molecule has 0 atom stereocenters. The van der Waals surface area contributed by atoms with Crippen molar-refractivity contribution in [2.45, 2.75) is 52.5 Å². The summed E-state index contributed by atoms with van der Waals surface area (Å²) in [7, 11) is 0. The van der Waals surface area contributed by atoms with Crippen molar-refractivity contribution in [3.63, 3.8) is 0 Å². The van der Waals surface area contributed by atoms with Crippen LogP contribution in [0.3, 0.4) is 0 Å². The highest BCUT2D eigenvalue weighted by Gasteiger charge is 2.30. The summed E-state index contributed by atoms with van der Waals surface area (Å²) in [5.41, 5.74) is 6.59. The number of nitrogens with one attached hydrogen (secondary N) is 1. The number of hydrogen-bond donors (Lipinski definition) is 1. The first-order valence-corrected chi connectivity index (χ1v) is 8.05. The molecular weight excluding hydrogens is 258 g/mol. The normalized spacial score (nSPS) is 14.6. The zero-order valence-electron chi connectivity index (χ0n) is 13.3. The number of hydrogen-bond acceptors (Lipinski definition) is 2. The molecule has 1 N–H and O–H groups in total. The molecule has 0 aliphatic heterocycles. The molecule has 3 rings (SSSR count). The standard InChI is InChI=1S/C18H25N3/c1-4-7-19-11-16-12-20-21(18(16)15-5-6-15)17-9-13(2)8-14(3)10-17/h8-10,12,15,19H,4-7,11H2,1-3H3. The van der Waals surface area contributed by atoms with Crippen molar-refractivity contribution in [1.29, 1.82) is 0 Å². The second-order valence-corrected chi connectivity index (χ2v) is 6.26. The molecule has 0 unspecified atom stereocenters. The van der Waals surface area contributed by atoms with Gasteiger partial charge in [0.05, 0.1) is 17.6 Å². The van der Waals surface area contributed by atoms with Crippen molar-refractivity contribution in [2.75, 3.05) is 6.54 Å². The van der Waals surface area contributed by atoms with Gasteiger partial charge >= 0.3 is 0 Å². The van der Waals surface area contributed by atoms with Crippen LogP contribution in [0.5, 0.6) is 0 Å². The van der Waals surface area contributed by atoms with Crippen LogP contribution in [-0.2, 0) is 6.54 Å². The molecular formula is C18H25N3. The summed E-state index contributed by atoms with van der Waals surface area (Å²) in [5.74, 6) is 0.701. The van der Waals surface area contributed by atoms with Gasteiger partial charge in [-0.05, 0) is 62.9 Å². The average molecular weight is 283 g/mol. The molecule has 1 aliphatic carbocycles. The molecule has 0 saturated heterocycles. The van der Waals surface area contributed by atoms with E-state index in [4.69, 9.17) is 0 Å². The van der Waals surface area contributed by atoms with Gasteiger partial charge in [-0.3, -0.25) is 0 Å². The van der Waals surface area contributed by atoms with Crippen molar-refractivity contribution in [1.82, 2.24) is 15.1 Å². The summed E-state index contributed by atoms with van der Waals surface area (Å²) in [4.78, 5) is 0. The summed E-state index contributed by atoms with van der Waals surface area (Å²) in [5, 5.41) is 8.19. The predicted octanol–water partition coefficient (Wildman–Crippen LogP) is 3.87. The molecule has 3 heteroatoms. The summed E-state index contributed by atoms with van der Waals surface area (Å²) < 4.78 is 2.17. The van der Waals surface area contributed by atoms with Crippen LogP contribution in [0.25, 0.3) is 5.69 Å². The molecule has 3 nitrogen and oxygen atoms in total. The largest absolute Gasteiger partial charge is 0.313 e. The van der Waals surface area contributed by atoms with Crippen LogP contribution in [0.4, 0.5) is 0 Å². The molecule has 0 amide bonds. The Bertz CT molecular complexity index is 603. The predicted molar refractivity (Wildman–Crippen MR) is 87.0 cm³/mol. The molecule has 1 heterocycles. The third kappa shape index (κ3) is 3.18. The fourth-order valence-electron chi connectivity index (χ4n) is 3.00. The summed E-state index contributed by atoms with van der Waals surface area (Å²) in [6, 6.07) is 6.68. The molecule has 1 aromatic carbocycles. The van der Waals surface area contributed by atoms with Crippen molar-refractivity contribution >= 4 is 0 Å². The molecule has 0 radical (unpaired) electrons. The van der Waals surface area contributed by atoms with Crippen molar-refractivity contribution < 1.29 is 0 Å². The number of benzene rings is 1. The zero-order valence-corrected chi connectivity index (χ0v) is 13.3. The maximum absolute atomic E-state index is 4.69. The first-order chi connectivity index (χ1) is 10.2. The minimum Gasteiger partial charge on any atom is -0.313 e. The molecule has 21 heavy (non-hydrogen) atoms. The van der Waals surface area contributed by atoms with E-state index in [1.807, 2.05) is 6.20 Å². The van der Waals surface area contributed by atoms with E-state index in [0.717, 1.165) is 13.1 Å². The quantitative estimate of drug-likeness (QED) is 0.816. The van der Waals surface area contributed by atoms with Crippen molar-refractivity contribution in [3.05, 3.63) is 46.8 Å². The minimum absolute atomic E-state index is 0.701. The lowest BCUT2D eigenvalue weighted by atomic mass is 10.1. The zero-order chi connectivity index (χ0) is 14.8. The van der Waals surface area contributed by atoms with E-state index in [2.05, 4.69) is 54.1 Å². The molecule has 0 bridgehead atoms. The Labute approximate surface area is 127 Å². The van der Waals surface area contributed by atoms with Crippen LogP contribution in [0.1, 0.15) is 54.5 Å². The van der Waals surface area contributed by atoms with Crippen LogP contribution < -0.4 is 5.32 Å². The lowest BCUT2D eigenvalue weighted by Crippen LogP contribution is -2.15. The third-order valence-corrected chi connectivity index (χ3v) is 4.04.